The van der Waals surface area contributed by atoms with Crippen LogP contribution in [0.5, 0.6) is 0 Å². The number of rotatable bonds is 5. The average molecular weight is 366 g/mol. The fourth-order valence-corrected chi connectivity index (χ4v) is 3.15. The Morgan fingerprint density at radius 2 is 1.67 bits per heavy atom. The van der Waals surface area contributed by atoms with Crippen molar-refractivity contribution in [2.24, 2.45) is 7.05 Å². The minimum Gasteiger partial charge on any atom is -0.478 e. The first kappa shape index (κ1) is 18.4. The maximum atomic E-state index is 13.0. The molecule has 7 nitrogen and oxygen atoms in total. The topological polar surface area (TPSA) is 80.4 Å². The van der Waals surface area contributed by atoms with Gasteiger partial charge in [-0.05, 0) is 43.7 Å². The third kappa shape index (κ3) is 3.48. The van der Waals surface area contributed by atoms with Gasteiger partial charge in [0.1, 0.15) is 11.4 Å². The van der Waals surface area contributed by atoms with Crippen LogP contribution in [0.2, 0.25) is 0 Å². The Bertz CT molecular complexity index is 979. The quantitative estimate of drug-likeness (QED) is 0.753. The molecule has 1 aromatic carbocycles. The fraction of sp³-hybridized carbons (Fsp3) is 0.250. The molecule has 0 unspecified atom stereocenters. The van der Waals surface area contributed by atoms with Crippen molar-refractivity contribution < 1.29 is 14.7 Å². The van der Waals surface area contributed by atoms with E-state index in [0.29, 0.717) is 12.1 Å². The van der Waals surface area contributed by atoms with Crippen LogP contribution in [0.15, 0.2) is 42.6 Å². The monoisotopic (exact) mass is 366 g/mol. The molecule has 7 heteroatoms. The van der Waals surface area contributed by atoms with Gasteiger partial charge in [-0.25, -0.2) is 4.79 Å². The second-order valence-electron chi connectivity index (χ2n) is 6.62. The van der Waals surface area contributed by atoms with E-state index in [1.807, 2.05) is 37.6 Å². The number of carbonyl (C=O) groups excluding carboxylic acids is 1. The van der Waals surface area contributed by atoms with Crippen molar-refractivity contribution in [2.45, 2.75) is 20.4 Å². The smallest absolute Gasteiger partial charge is 0.335 e. The number of amides is 1. The first-order valence-electron chi connectivity index (χ1n) is 8.54. The van der Waals surface area contributed by atoms with Gasteiger partial charge < -0.3 is 14.6 Å². The Morgan fingerprint density at radius 3 is 2.22 bits per heavy atom. The highest BCUT2D eigenvalue weighted by molar-refractivity contribution is 5.97. The van der Waals surface area contributed by atoms with Crippen molar-refractivity contribution in [2.75, 3.05) is 7.05 Å². The Labute approximate surface area is 157 Å². The van der Waals surface area contributed by atoms with E-state index in [4.69, 9.17) is 5.11 Å². The van der Waals surface area contributed by atoms with Crippen LogP contribution in [-0.4, -0.2) is 43.3 Å². The van der Waals surface area contributed by atoms with Crippen LogP contribution >= 0.6 is 0 Å². The van der Waals surface area contributed by atoms with Gasteiger partial charge in [0, 0.05) is 32.0 Å². The van der Waals surface area contributed by atoms with Crippen LogP contribution in [0, 0.1) is 13.8 Å². The van der Waals surface area contributed by atoms with Crippen molar-refractivity contribution >= 4 is 11.9 Å². The minimum absolute atomic E-state index is 0.145. The summed E-state index contributed by atoms with van der Waals surface area (Å²) >= 11 is 0. The van der Waals surface area contributed by atoms with Crippen LogP contribution in [-0.2, 0) is 13.6 Å². The maximum absolute atomic E-state index is 13.0. The third-order valence-corrected chi connectivity index (χ3v) is 4.59. The molecule has 1 amide bonds. The van der Waals surface area contributed by atoms with Gasteiger partial charge in [0.2, 0.25) is 0 Å². The number of benzene rings is 1. The zero-order valence-corrected chi connectivity index (χ0v) is 15.8. The molecule has 1 N–H and O–H groups in total. The summed E-state index contributed by atoms with van der Waals surface area (Å²) in [5.41, 5.74) is 3.65. The number of nitrogens with zero attached hydrogens (tertiary/aromatic N) is 4. The number of carboxylic acid groups (broad SMARTS) is 1. The summed E-state index contributed by atoms with van der Waals surface area (Å²) in [4.78, 5) is 25.6. The zero-order valence-electron chi connectivity index (χ0n) is 15.8. The number of aromatic nitrogens is 3. The van der Waals surface area contributed by atoms with E-state index in [2.05, 4.69) is 5.10 Å². The predicted molar refractivity (Wildman–Crippen MR) is 101 cm³/mol. The van der Waals surface area contributed by atoms with Gasteiger partial charge >= 0.3 is 5.97 Å². The molecule has 0 aliphatic carbocycles. The van der Waals surface area contributed by atoms with Gasteiger partial charge in [-0.15, -0.1) is 0 Å². The zero-order chi connectivity index (χ0) is 19.7. The van der Waals surface area contributed by atoms with Crippen molar-refractivity contribution in [3.8, 4) is 5.82 Å². The third-order valence-electron chi connectivity index (χ3n) is 4.59. The lowest BCUT2D eigenvalue weighted by Crippen LogP contribution is -2.27. The van der Waals surface area contributed by atoms with Gasteiger partial charge in [0.25, 0.3) is 5.91 Å². The number of aryl methyl sites for hydroxylation is 3. The molecule has 0 fully saturated rings. The number of hydrogen-bond acceptors (Lipinski definition) is 3. The van der Waals surface area contributed by atoms with Crippen molar-refractivity contribution in [3.63, 3.8) is 0 Å². The molecule has 0 saturated carbocycles. The fourth-order valence-electron chi connectivity index (χ4n) is 3.15. The van der Waals surface area contributed by atoms with Crippen LogP contribution in [0.1, 0.15) is 37.7 Å². The summed E-state index contributed by atoms with van der Waals surface area (Å²) in [5, 5.41) is 13.3. The van der Waals surface area contributed by atoms with E-state index in [1.165, 1.54) is 12.1 Å². The van der Waals surface area contributed by atoms with Crippen molar-refractivity contribution in [1.29, 1.82) is 0 Å². The molecule has 0 aliphatic heterocycles. The van der Waals surface area contributed by atoms with Crippen molar-refractivity contribution in [3.05, 3.63) is 70.7 Å². The SMILES string of the molecule is Cc1ccc(C)n1-c1c(C(=O)N(C)Cc2ccc(C(=O)O)cc2)cnn1C. The molecule has 0 atom stereocenters. The van der Waals surface area contributed by atoms with Gasteiger partial charge in [0.05, 0.1) is 11.8 Å². The molecular formula is C20H22N4O3. The molecule has 27 heavy (non-hydrogen) atoms. The number of hydrogen-bond donors (Lipinski definition) is 1. The molecule has 2 aromatic heterocycles. The molecule has 3 rings (SSSR count). The molecule has 0 spiro atoms. The maximum Gasteiger partial charge on any atom is 0.335 e. The summed E-state index contributed by atoms with van der Waals surface area (Å²) in [6.45, 7) is 4.35. The molecule has 0 saturated heterocycles. The largest absolute Gasteiger partial charge is 0.478 e. The van der Waals surface area contributed by atoms with Gasteiger partial charge in [-0.1, -0.05) is 12.1 Å². The Balaban J connectivity index is 1.87. The average Bonchev–Trinajstić information content (AvgIpc) is 3.16. The summed E-state index contributed by atoms with van der Waals surface area (Å²) < 4.78 is 3.71. The Morgan fingerprint density at radius 1 is 1.07 bits per heavy atom. The van der Waals surface area contributed by atoms with E-state index >= 15 is 0 Å². The Kier molecular flexibility index (Phi) is 4.85. The highest BCUT2D eigenvalue weighted by Crippen LogP contribution is 2.21. The second kappa shape index (κ2) is 7.11. The molecule has 0 radical (unpaired) electrons. The lowest BCUT2D eigenvalue weighted by molar-refractivity contribution is 0.0695. The van der Waals surface area contributed by atoms with E-state index in [0.717, 1.165) is 22.8 Å². The van der Waals surface area contributed by atoms with Crippen LogP contribution in [0.4, 0.5) is 0 Å². The normalized spacial score (nSPS) is 10.8. The summed E-state index contributed by atoms with van der Waals surface area (Å²) in [7, 11) is 3.54. The van der Waals surface area contributed by atoms with E-state index < -0.39 is 5.97 Å². The number of carboxylic acids is 1. The minimum atomic E-state index is -0.969. The first-order chi connectivity index (χ1) is 12.8. The van der Waals surface area contributed by atoms with E-state index in [-0.39, 0.29) is 11.5 Å². The lowest BCUT2D eigenvalue weighted by Gasteiger charge is -2.19. The van der Waals surface area contributed by atoms with Gasteiger partial charge in [-0.2, -0.15) is 5.10 Å². The molecule has 0 bridgehead atoms. The molecule has 0 aliphatic rings. The Hall–Kier alpha value is -3.35. The second-order valence-corrected chi connectivity index (χ2v) is 6.62. The van der Waals surface area contributed by atoms with E-state index in [1.54, 1.807) is 35.0 Å². The standard InChI is InChI=1S/C20H22N4O3/c1-13-5-6-14(2)24(13)18-17(11-21-23(18)4)19(25)22(3)12-15-7-9-16(10-8-15)20(26)27/h5-11H,12H2,1-4H3,(H,26,27). The summed E-state index contributed by atoms with van der Waals surface area (Å²) in [6, 6.07) is 10.5. The first-order valence-corrected chi connectivity index (χ1v) is 8.54. The van der Waals surface area contributed by atoms with Crippen LogP contribution in [0.3, 0.4) is 0 Å². The molecule has 140 valence electrons. The molecule has 3 aromatic rings. The summed E-state index contributed by atoms with van der Waals surface area (Å²) in [5.74, 6) is -0.385. The van der Waals surface area contributed by atoms with Crippen LogP contribution < -0.4 is 0 Å². The van der Waals surface area contributed by atoms with Gasteiger partial charge in [-0.3, -0.25) is 9.48 Å². The number of aromatic carboxylic acids is 1. The molecule has 2 heterocycles. The van der Waals surface area contributed by atoms with Gasteiger partial charge in [0.15, 0.2) is 0 Å². The lowest BCUT2D eigenvalue weighted by atomic mass is 10.1. The highest BCUT2D eigenvalue weighted by Gasteiger charge is 2.22. The van der Waals surface area contributed by atoms with Crippen molar-refractivity contribution in [1.82, 2.24) is 19.2 Å². The van der Waals surface area contributed by atoms with Crippen LogP contribution in [0.25, 0.3) is 5.82 Å². The highest BCUT2D eigenvalue weighted by atomic mass is 16.4. The number of carbonyl (C=O) groups is 2. The predicted octanol–water partition coefficient (Wildman–Crippen LogP) is 2.80. The van der Waals surface area contributed by atoms with E-state index in [9.17, 15) is 9.59 Å². The molecular weight excluding hydrogens is 344 g/mol. The summed E-state index contributed by atoms with van der Waals surface area (Å²) in [6.07, 6.45) is 1.58.